The molecule has 0 amide bonds. The van der Waals surface area contributed by atoms with Gasteiger partial charge in [-0.2, -0.15) is 0 Å². The Balaban J connectivity index is 1.65. The summed E-state index contributed by atoms with van der Waals surface area (Å²) in [5.74, 6) is 1.66. The maximum atomic E-state index is 5.76. The molecule has 104 valence electrons. The van der Waals surface area contributed by atoms with Gasteiger partial charge in [-0.3, -0.25) is 4.98 Å². The van der Waals surface area contributed by atoms with Gasteiger partial charge >= 0.3 is 0 Å². The molecule has 0 saturated heterocycles. The smallest absolute Gasteiger partial charge is 0.132 e. The molecule has 2 heterocycles. The van der Waals surface area contributed by atoms with Crippen LogP contribution in [0.5, 0.6) is 0 Å². The maximum Gasteiger partial charge on any atom is 0.132 e. The van der Waals surface area contributed by atoms with Gasteiger partial charge in [-0.1, -0.05) is 0 Å². The highest BCUT2D eigenvalue weighted by molar-refractivity contribution is 5.77. The zero-order valence-corrected chi connectivity index (χ0v) is 11.7. The van der Waals surface area contributed by atoms with Crippen LogP contribution in [0, 0.1) is 6.92 Å². The lowest BCUT2D eigenvalue weighted by atomic mass is 10.2. The number of nitrogens with two attached hydrogens (primary N) is 1. The number of rotatable bonds is 2. The van der Waals surface area contributed by atoms with Crippen LogP contribution in [0.2, 0.25) is 0 Å². The fraction of sp³-hybridized carbons (Fsp3) is 0.250. The topological polar surface area (TPSA) is 77.6 Å². The highest BCUT2D eigenvalue weighted by Crippen LogP contribution is 2.52. The van der Waals surface area contributed by atoms with E-state index in [1.165, 1.54) is 0 Å². The van der Waals surface area contributed by atoms with Gasteiger partial charge in [0.05, 0.1) is 16.7 Å². The number of aromatic nitrogens is 4. The minimum Gasteiger partial charge on any atom is -0.399 e. The minimum atomic E-state index is 0.366. The monoisotopic (exact) mass is 277 g/mol. The van der Waals surface area contributed by atoms with Crippen molar-refractivity contribution in [1.82, 2.24) is 19.9 Å². The second-order valence-electron chi connectivity index (χ2n) is 5.55. The summed E-state index contributed by atoms with van der Waals surface area (Å²) in [7, 11) is 0. The molecule has 5 heteroatoms. The third kappa shape index (κ3) is 2.20. The van der Waals surface area contributed by atoms with Crippen molar-refractivity contribution in [3.63, 3.8) is 0 Å². The lowest BCUT2D eigenvalue weighted by Crippen LogP contribution is -1.97. The number of hydrogen-bond donors (Lipinski definition) is 1. The highest BCUT2D eigenvalue weighted by atomic mass is 14.9. The number of nitrogens with zero attached hydrogens (tertiary/aromatic N) is 4. The minimum absolute atomic E-state index is 0.366. The molecule has 4 rings (SSSR count). The van der Waals surface area contributed by atoms with Gasteiger partial charge in [0.15, 0.2) is 0 Å². The Morgan fingerprint density at radius 3 is 2.81 bits per heavy atom. The summed E-state index contributed by atoms with van der Waals surface area (Å²) in [5, 5.41) is 0. The first-order chi connectivity index (χ1) is 10.2. The summed E-state index contributed by atoms with van der Waals surface area (Å²) in [6.07, 6.45) is 4.71. The normalized spacial score (nSPS) is 20.6. The van der Waals surface area contributed by atoms with Crippen molar-refractivity contribution in [3.05, 3.63) is 53.9 Å². The average Bonchev–Trinajstić information content (AvgIpc) is 3.27. The van der Waals surface area contributed by atoms with Crippen LogP contribution >= 0.6 is 0 Å². The summed E-state index contributed by atoms with van der Waals surface area (Å²) in [4.78, 5) is 18.1. The van der Waals surface area contributed by atoms with Crippen molar-refractivity contribution in [2.24, 2.45) is 0 Å². The number of fused-ring (bicyclic) bond motifs is 1. The molecule has 21 heavy (non-hydrogen) atoms. The van der Waals surface area contributed by atoms with E-state index in [9.17, 15) is 0 Å². The SMILES string of the molecule is Cc1ccnc([C@H]2C[C@@H]2c2cnc3cc(N)ccc3n2)n1. The number of nitrogen functional groups attached to an aromatic ring is 1. The van der Waals surface area contributed by atoms with Crippen molar-refractivity contribution < 1.29 is 0 Å². The van der Waals surface area contributed by atoms with Crippen LogP contribution in [0.3, 0.4) is 0 Å². The molecule has 0 unspecified atom stereocenters. The van der Waals surface area contributed by atoms with Crippen molar-refractivity contribution >= 4 is 16.7 Å². The van der Waals surface area contributed by atoms with E-state index in [2.05, 4.69) is 15.0 Å². The third-order valence-electron chi connectivity index (χ3n) is 3.90. The van der Waals surface area contributed by atoms with Crippen LogP contribution in [-0.2, 0) is 0 Å². The molecule has 1 saturated carbocycles. The molecule has 0 spiro atoms. The Hall–Kier alpha value is -2.56. The Morgan fingerprint density at radius 2 is 1.95 bits per heavy atom. The van der Waals surface area contributed by atoms with Crippen LogP contribution < -0.4 is 5.73 Å². The Morgan fingerprint density at radius 1 is 1.05 bits per heavy atom. The molecular weight excluding hydrogens is 262 g/mol. The fourth-order valence-electron chi connectivity index (χ4n) is 2.67. The lowest BCUT2D eigenvalue weighted by molar-refractivity contribution is 0.864. The predicted octanol–water partition coefficient (Wildman–Crippen LogP) is 2.58. The van der Waals surface area contributed by atoms with E-state index in [0.717, 1.165) is 34.7 Å². The van der Waals surface area contributed by atoms with Gasteiger partial charge in [0.25, 0.3) is 0 Å². The Labute approximate surface area is 122 Å². The van der Waals surface area contributed by atoms with Crippen LogP contribution in [-0.4, -0.2) is 19.9 Å². The first kappa shape index (κ1) is 12.2. The number of aryl methyl sites for hydroxylation is 1. The van der Waals surface area contributed by atoms with E-state index < -0.39 is 0 Å². The van der Waals surface area contributed by atoms with Crippen LogP contribution in [0.1, 0.15) is 35.5 Å². The van der Waals surface area contributed by atoms with E-state index in [1.54, 1.807) is 0 Å². The van der Waals surface area contributed by atoms with E-state index in [1.807, 2.05) is 43.6 Å². The molecule has 2 N–H and O–H groups in total. The second-order valence-corrected chi connectivity index (χ2v) is 5.55. The lowest BCUT2D eigenvalue weighted by Gasteiger charge is -2.03. The zero-order valence-electron chi connectivity index (χ0n) is 11.7. The van der Waals surface area contributed by atoms with Gasteiger partial charge in [-0.15, -0.1) is 0 Å². The fourth-order valence-corrected chi connectivity index (χ4v) is 2.67. The summed E-state index contributed by atoms with van der Waals surface area (Å²) >= 11 is 0. The van der Waals surface area contributed by atoms with Crippen LogP contribution in [0.25, 0.3) is 11.0 Å². The van der Waals surface area contributed by atoms with Gasteiger partial charge in [-0.25, -0.2) is 15.0 Å². The molecule has 0 bridgehead atoms. The van der Waals surface area contributed by atoms with Crippen molar-refractivity contribution in [2.45, 2.75) is 25.2 Å². The second kappa shape index (κ2) is 4.48. The van der Waals surface area contributed by atoms with Crippen molar-refractivity contribution in [1.29, 1.82) is 0 Å². The van der Waals surface area contributed by atoms with Gasteiger partial charge in [0, 0.05) is 35.6 Å². The van der Waals surface area contributed by atoms with Gasteiger partial charge in [-0.05, 0) is 37.6 Å². The first-order valence-corrected chi connectivity index (χ1v) is 7.02. The number of anilines is 1. The molecule has 5 nitrogen and oxygen atoms in total. The molecule has 2 aromatic heterocycles. The summed E-state index contributed by atoms with van der Waals surface area (Å²) in [6.45, 7) is 1.99. The van der Waals surface area contributed by atoms with E-state index in [0.29, 0.717) is 17.5 Å². The number of hydrogen-bond acceptors (Lipinski definition) is 5. The highest BCUT2D eigenvalue weighted by Gasteiger charge is 2.43. The molecule has 1 fully saturated rings. The Bertz CT molecular complexity index is 830. The van der Waals surface area contributed by atoms with Crippen molar-refractivity contribution in [3.8, 4) is 0 Å². The largest absolute Gasteiger partial charge is 0.399 e. The summed E-state index contributed by atoms with van der Waals surface area (Å²) in [5.41, 5.74) is 10.2. The van der Waals surface area contributed by atoms with Gasteiger partial charge in [0.1, 0.15) is 5.82 Å². The maximum absolute atomic E-state index is 5.76. The average molecular weight is 277 g/mol. The first-order valence-electron chi connectivity index (χ1n) is 7.02. The predicted molar refractivity (Wildman–Crippen MR) is 80.8 cm³/mol. The molecule has 0 radical (unpaired) electrons. The quantitative estimate of drug-likeness (QED) is 0.728. The van der Waals surface area contributed by atoms with Crippen LogP contribution in [0.4, 0.5) is 5.69 Å². The molecule has 1 aliphatic rings. The Kier molecular flexibility index (Phi) is 2.60. The van der Waals surface area contributed by atoms with E-state index in [-0.39, 0.29) is 0 Å². The zero-order chi connectivity index (χ0) is 14.4. The van der Waals surface area contributed by atoms with E-state index in [4.69, 9.17) is 10.7 Å². The molecule has 2 atom stereocenters. The standard InChI is InChI=1S/C16H15N5/c1-9-4-5-18-16(20-9)12-7-11(12)15-8-19-14-6-10(17)2-3-13(14)21-15/h2-6,8,11-12H,7,17H2,1H3/t11-,12-/m0/s1. The molecule has 0 aliphatic heterocycles. The van der Waals surface area contributed by atoms with Crippen molar-refractivity contribution in [2.75, 3.05) is 5.73 Å². The van der Waals surface area contributed by atoms with Gasteiger partial charge < -0.3 is 5.73 Å². The van der Waals surface area contributed by atoms with E-state index >= 15 is 0 Å². The summed E-state index contributed by atoms with van der Waals surface area (Å²) in [6, 6.07) is 7.54. The number of benzene rings is 1. The molecular formula is C16H15N5. The third-order valence-corrected chi connectivity index (χ3v) is 3.90. The molecule has 1 aromatic carbocycles. The van der Waals surface area contributed by atoms with Gasteiger partial charge in [0.2, 0.25) is 0 Å². The van der Waals surface area contributed by atoms with Crippen LogP contribution in [0.15, 0.2) is 36.7 Å². The molecule has 3 aromatic rings. The summed E-state index contributed by atoms with van der Waals surface area (Å²) < 4.78 is 0. The molecule has 1 aliphatic carbocycles.